The van der Waals surface area contributed by atoms with Gasteiger partial charge in [-0.2, -0.15) is 0 Å². The van der Waals surface area contributed by atoms with Gasteiger partial charge in [0.2, 0.25) is 0 Å². The maximum absolute atomic E-state index is 14.2. The molecule has 6 nitrogen and oxygen atoms in total. The van der Waals surface area contributed by atoms with Crippen LogP contribution in [0.1, 0.15) is 58.7 Å². The van der Waals surface area contributed by atoms with Crippen molar-refractivity contribution in [2.24, 2.45) is 5.41 Å². The standard InChI is InChI=1S/C29H33BBrF3IN2O4/c1-25(2,14-38)23-21-17-10-16(31)7-8-19(17)37(13-28(32,33)34)22(21)18-9-15(30-40-26(3,4)27(5,6)41-30)12-36-24(18)29(23,39)20-11-35-20/h7-10,12,20,23,38-39H,11,13-14H2,1-6H3/q-1/t20?,23?,29-/m1/s1. The zero-order valence-corrected chi connectivity index (χ0v) is 27.5. The molecule has 0 amide bonds. The Morgan fingerprint density at radius 2 is 1.78 bits per heavy atom. The van der Waals surface area contributed by atoms with Gasteiger partial charge in [-0.15, -0.1) is 0 Å². The van der Waals surface area contributed by atoms with E-state index < -0.39 is 48.0 Å². The van der Waals surface area contributed by atoms with E-state index >= 15 is 0 Å². The van der Waals surface area contributed by atoms with Crippen molar-refractivity contribution in [1.29, 1.82) is 0 Å². The molecule has 2 fully saturated rings. The average molecular weight is 748 g/mol. The Hall–Kier alpha value is -1.19. The van der Waals surface area contributed by atoms with Crippen LogP contribution in [0, 0.1) is 5.41 Å². The van der Waals surface area contributed by atoms with Crippen LogP contribution >= 0.6 is 15.9 Å². The minimum absolute atomic E-state index is 0.0348. The first kappa shape index (κ1) is 29.9. The Morgan fingerprint density at radius 1 is 1.15 bits per heavy atom. The first-order valence-corrected chi connectivity index (χ1v) is 17.1. The number of pyridine rings is 1. The molecule has 2 saturated heterocycles. The number of halogens is 5. The van der Waals surface area contributed by atoms with Crippen molar-refractivity contribution in [2.75, 3.05) is 11.0 Å². The summed E-state index contributed by atoms with van der Waals surface area (Å²) in [6.07, 6.45) is -2.88. The molecule has 6 rings (SSSR count). The Balaban J connectivity index is 1.70. The maximum atomic E-state index is 14.2. The average Bonchev–Trinajstić information content (AvgIpc) is 3.64. The summed E-state index contributed by atoms with van der Waals surface area (Å²) in [5.74, 6) is -0.684. The fraction of sp³-hybridized carbons (Fsp3) is 0.552. The van der Waals surface area contributed by atoms with Gasteiger partial charge in [0, 0.05) is 0 Å². The molecule has 222 valence electrons. The molecule has 3 atom stereocenters. The summed E-state index contributed by atoms with van der Waals surface area (Å²) in [5, 5.41) is 24.0. The van der Waals surface area contributed by atoms with Crippen LogP contribution in [0.2, 0.25) is 0 Å². The molecule has 12 heteroatoms. The third kappa shape index (κ3) is 4.61. The van der Waals surface area contributed by atoms with Gasteiger partial charge < -0.3 is 0 Å². The Kier molecular flexibility index (Phi) is 6.85. The van der Waals surface area contributed by atoms with E-state index in [0.717, 1.165) is 8.90 Å². The van der Waals surface area contributed by atoms with Gasteiger partial charge in [-0.25, -0.2) is 0 Å². The summed E-state index contributed by atoms with van der Waals surface area (Å²) < 4.78 is 58.0. The molecule has 41 heavy (non-hydrogen) atoms. The van der Waals surface area contributed by atoms with Crippen LogP contribution in [0.15, 0.2) is 34.9 Å². The molecule has 1 aliphatic carbocycles. The molecular weight excluding hydrogens is 715 g/mol. The molecule has 4 heterocycles. The van der Waals surface area contributed by atoms with E-state index in [9.17, 15) is 23.4 Å². The summed E-state index contributed by atoms with van der Waals surface area (Å²) in [6, 6.07) is 7.02. The van der Waals surface area contributed by atoms with E-state index in [2.05, 4.69) is 15.9 Å². The number of benzene rings is 1. The van der Waals surface area contributed by atoms with Crippen LogP contribution in [0.3, 0.4) is 0 Å². The summed E-state index contributed by atoms with van der Waals surface area (Å²) in [4.78, 5) is 4.82. The van der Waals surface area contributed by atoms with E-state index in [-0.39, 0.29) is 31.7 Å². The number of fused-ring (bicyclic) bond motifs is 5. The summed E-state index contributed by atoms with van der Waals surface area (Å²) in [6.45, 7) is 10.0. The number of aliphatic hydroxyl groups excluding tert-OH is 1. The van der Waals surface area contributed by atoms with Crippen LogP contribution in [-0.4, -0.2) is 59.2 Å². The molecule has 0 saturated carbocycles. The fourth-order valence-electron chi connectivity index (χ4n) is 6.41. The Bertz CT molecular complexity index is 1540. The predicted octanol–water partition coefficient (Wildman–Crippen LogP) is 2.10. The van der Waals surface area contributed by atoms with E-state index in [0.29, 0.717) is 38.9 Å². The summed E-state index contributed by atoms with van der Waals surface area (Å²) in [7, 11) is -0.774. The van der Waals surface area contributed by atoms with Gasteiger partial charge in [0.25, 0.3) is 0 Å². The number of hydrogen-bond acceptors (Lipinski definition) is 5. The van der Waals surface area contributed by atoms with Gasteiger partial charge in [0.15, 0.2) is 0 Å². The molecule has 3 aliphatic rings. The minimum atomic E-state index is -4.50. The Morgan fingerprint density at radius 3 is 2.34 bits per heavy atom. The zero-order valence-electron chi connectivity index (χ0n) is 23.7. The summed E-state index contributed by atoms with van der Waals surface area (Å²) in [5.41, 5.74) is -0.764. The predicted molar refractivity (Wildman–Crippen MR) is 151 cm³/mol. The molecule has 2 aliphatic heterocycles. The SMILES string of the molecule is CC(C)(CO)C1c2c(n(CC(F)(F)F)c3ccc(Br)cc23)-c2cc(B3OC(C)(C)C(C)(C)O3)cnc2[C@@]1(O)C1C[I-]1. The number of alkyl halides is 5. The molecule has 3 aromatic rings. The third-order valence-corrected chi connectivity index (χ3v) is 12.4. The molecule has 2 unspecified atom stereocenters. The van der Waals surface area contributed by atoms with E-state index in [1.54, 1.807) is 24.4 Å². The topological polar surface area (TPSA) is 76.7 Å². The first-order valence-electron chi connectivity index (χ1n) is 13.6. The Labute approximate surface area is 256 Å². The van der Waals surface area contributed by atoms with Gasteiger partial charge in [0.05, 0.1) is 0 Å². The fourth-order valence-corrected chi connectivity index (χ4v) is 9.02. The second kappa shape index (κ2) is 9.41. The van der Waals surface area contributed by atoms with Crippen LogP contribution in [0.4, 0.5) is 13.2 Å². The third-order valence-electron chi connectivity index (χ3n) is 9.17. The van der Waals surface area contributed by atoms with Crippen molar-refractivity contribution in [3.05, 3.63) is 46.2 Å². The zero-order chi connectivity index (χ0) is 29.9. The second-order valence-electron chi connectivity index (χ2n) is 13.1. The number of hydrogen-bond donors (Lipinski definition) is 2. The normalized spacial score (nSPS) is 27.0. The van der Waals surface area contributed by atoms with Gasteiger partial charge in [-0.3, -0.25) is 0 Å². The van der Waals surface area contributed by atoms with Gasteiger partial charge in [0.1, 0.15) is 0 Å². The van der Waals surface area contributed by atoms with E-state index in [4.69, 9.17) is 14.3 Å². The van der Waals surface area contributed by atoms with Crippen molar-refractivity contribution in [2.45, 2.75) is 80.9 Å². The molecule has 0 bridgehead atoms. The van der Waals surface area contributed by atoms with Crippen LogP contribution in [0.5, 0.6) is 0 Å². The van der Waals surface area contributed by atoms with Gasteiger partial charge in [-0.1, -0.05) is 0 Å². The molecule has 1 aromatic carbocycles. The van der Waals surface area contributed by atoms with Crippen molar-refractivity contribution >= 4 is 39.4 Å². The van der Waals surface area contributed by atoms with Crippen LogP contribution in [-0.2, 0) is 21.5 Å². The number of nitrogens with zero attached hydrogens (tertiary/aromatic N) is 2. The molecule has 0 spiro atoms. The van der Waals surface area contributed by atoms with Crippen molar-refractivity contribution < 1.29 is 53.9 Å². The summed E-state index contributed by atoms with van der Waals surface area (Å²) >= 11 is 3.19. The van der Waals surface area contributed by atoms with Gasteiger partial charge >= 0.3 is 258 Å². The quantitative estimate of drug-likeness (QED) is 0.238. The molecular formula is C29H33BBrF3IN2O4-. The van der Waals surface area contributed by atoms with E-state index in [1.807, 2.05) is 47.6 Å². The van der Waals surface area contributed by atoms with Gasteiger partial charge in [-0.05, 0) is 0 Å². The number of aliphatic hydroxyl groups is 2. The molecule has 2 aromatic heterocycles. The molecule has 0 radical (unpaired) electrons. The van der Waals surface area contributed by atoms with Crippen molar-refractivity contribution in [1.82, 2.24) is 9.55 Å². The molecule has 2 N–H and O–H groups in total. The van der Waals surface area contributed by atoms with Crippen molar-refractivity contribution in [3.8, 4) is 11.3 Å². The number of rotatable bonds is 5. The monoisotopic (exact) mass is 747 g/mol. The first-order chi connectivity index (χ1) is 18.9. The van der Waals surface area contributed by atoms with E-state index in [1.165, 1.54) is 4.57 Å². The van der Waals surface area contributed by atoms with Crippen molar-refractivity contribution in [3.63, 3.8) is 0 Å². The second-order valence-corrected chi connectivity index (χ2v) is 17.2. The number of aromatic nitrogens is 2. The van der Waals surface area contributed by atoms with Crippen LogP contribution in [0.25, 0.3) is 22.2 Å². The van der Waals surface area contributed by atoms with Crippen LogP contribution < -0.4 is 26.7 Å².